The van der Waals surface area contributed by atoms with Crippen LogP contribution in [0.5, 0.6) is 5.75 Å². The highest BCUT2D eigenvalue weighted by Gasteiger charge is 2.00. The molecule has 0 amide bonds. The summed E-state index contributed by atoms with van der Waals surface area (Å²) in [7, 11) is 0. The van der Waals surface area contributed by atoms with Crippen molar-refractivity contribution in [2.24, 2.45) is 0 Å². The van der Waals surface area contributed by atoms with Crippen LogP contribution in [0.15, 0.2) is 30.4 Å². The SMILES string of the molecule is C/C=C/COc1ccc(C#N)cc1N. The third-order valence-electron chi connectivity index (χ3n) is 1.71. The minimum Gasteiger partial charge on any atom is -0.487 e. The van der Waals surface area contributed by atoms with Gasteiger partial charge in [0.25, 0.3) is 0 Å². The van der Waals surface area contributed by atoms with Crippen molar-refractivity contribution in [3.8, 4) is 11.8 Å². The maximum atomic E-state index is 8.61. The molecule has 0 aliphatic carbocycles. The predicted molar refractivity (Wildman–Crippen MR) is 55.9 cm³/mol. The molecule has 0 aliphatic heterocycles. The van der Waals surface area contributed by atoms with Gasteiger partial charge in [0.15, 0.2) is 0 Å². The fourth-order valence-electron chi connectivity index (χ4n) is 0.984. The minimum atomic E-state index is 0.493. The number of nitrogens with zero attached hydrogens (tertiary/aromatic N) is 1. The van der Waals surface area contributed by atoms with Crippen LogP contribution in [0.1, 0.15) is 12.5 Å². The maximum absolute atomic E-state index is 8.61. The maximum Gasteiger partial charge on any atom is 0.142 e. The first-order valence-electron chi connectivity index (χ1n) is 4.31. The summed E-state index contributed by atoms with van der Waals surface area (Å²) in [4.78, 5) is 0. The van der Waals surface area contributed by atoms with Crippen LogP contribution in [0.2, 0.25) is 0 Å². The molecule has 3 nitrogen and oxygen atoms in total. The van der Waals surface area contributed by atoms with Crippen LogP contribution in [-0.2, 0) is 0 Å². The lowest BCUT2D eigenvalue weighted by molar-refractivity contribution is 0.364. The van der Waals surface area contributed by atoms with Gasteiger partial charge in [-0.25, -0.2) is 0 Å². The Kier molecular flexibility index (Phi) is 3.57. The molecule has 3 heteroatoms. The summed E-state index contributed by atoms with van der Waals surface area (Å²) in [6.07, 6.45) is 3.79. The van der Waals surface area contributed by atoms with Crippen molar-refractivity contribution in [3.63, 3.8) is 0 Å². The summed E-state index contributed by atoms with van der Waals surface area (Å²) in [5.41, 5.74) is 6.72. The van der Waals surface area contributed by atoms with Crippen molar-refractivity contribution >= 4 is 5.69 Å². The van der Waals surface area contributed by atoms with E-state index in [1.807, 2.05) is 25.1 Å². The average Bonchev–Trinajstić information content (AvgIpc) is 2.20. The molecule has 0 saturated heterocycles. The summed E-state index contributed by atoms with van der Waals surface area (Å²) in [5.74, 6) is 0.613. The Morgan fingerprint density at radius 1 is 1.57 bits per heavy atom. The Bertz CT molecular complexity index is 377. The number of nitrogen functional groups attached to an aromatic ring is 1. The van der Waals surface area contributed by atoms with Gasteiger partial charge >= 0.3 is 0 Å². The van der Waals surface area contributed by atoms with Crippen LogP contribution in [-0.4, -0.2) is 6.61 Å². The van der Waals surface area contributed by atoms with E-state index in [9.17, 15) is 0 Å². The van der Waals surface area contributed by atoms with Crippen LogP contribution in [0.4, 0.5) is 5.69 Å². The Labute approximate surface area is 83.4 Å². The second kappa shape index (κ2) is 4.93. The molecule has 72 valence electrons. The number of rotatable bonds is 3. The monoisotopic (exact) mass is 188 g/mol. The first-order chi connectivity index (χ1) is 6.77. The van der Waals surface area contributed by atoms with Gasteiger partial charge in [0.05, 0.1) is 17.3 Å². The number of ether oxygens (including phenoxy) is 1. The van der Waals surface area contributed by atoms with E-state index in [2.05, 4.69) is 0 Å². The second-order valence-electron chi connectivity index (χ2n) is 2.74. The lowest BCUT2D eigenvalue weighted by Gasteiger charge is -2.06. The first kappa shape index (κ1) is 10.1. The van der Waals surface area contributed by atoms with Gasteiger partial charge in [-0.15, -0.1) is 0 Å². The molecule has 0 saturated carbocycles. The van der Waals surface area contributed by atoms with Gasteiger partial charge in [0.2, 0.25) is 0 Å². The van der Waals surface area contributed by atoms with Crippen molar-refractivity contribution in [3.05, 3.63) is 35.9 Å². The zero-order chi connectivity index (χ0) is 10.4. The molecule has 14 heavy (non-hydrogen) atoms. The Balaban J connectivity index is 2.75. The Morgan fingerprint density at radius 2 is 2.36 bits per heavy atom. The van der Waals surface area contributed by atoms with Crippen molar-refractivity contribution in [2.45, 2.75) is 6.92 Å². The highest BCUT2D eigenvalue weighted by Crippen LogP contribution is 2.21. The summed E-state index contributed by atoms with van der Waals surface area (Å²) in [5, 5.41) is 8.61. The van der Waals surface area contributed by atoms with E-state index in [4.69, 9.17) is 15.7 Å². The summed E-state index contributed by atoms with van der Waals surface area (Å²) in [6, 6.07) is 7.00. The molecule has 1 aromatic rings. The lowest BCUT2D eigenvalue weighted by Crippen LogP contribution is -1.97. The Hall–Kier alpha value is -1.95. The number of nitrogens with two attached hydrogens (primary N) is 1. The van der Waals surface area contributed by atoms with Crippen LogP contribution in [0.3, 0.4) is 0 Å². The third kappa shape index (κ3) is 2.53. The van der Waals surface area contributed by atoms with Crippen LogP contribution < -0.4 is 10.5 Å². The molecule has 2 N–H and O–H groups in total. The molecule has 0 fully saturated rings. The molecular weight excluding hydrogens is 176 g/mol. The molecule has 1 aromatic carbocycles. The van der Waals surface area contributed by atoms with Crippen LogP contribution in [0, 0.1) is 11.3 Å². The van der Waals surface area contributed by atoms with Crippen molar-refractivity contribution in [1.82, 2.24) is 0 Å². The summed E-state index contributed by atoms with van der Waals surface area (Å²) < 4.78 is 5.36. The zero-order valence-electron chi connectivity index (χ0n) is 8.03. The third-order valence-corrected chi connectivity index (χ3v) is 1.71. The van der Waals surface area contributed by atoms with Gasteiger partial charge in [-0.1, -0.05) is 12.2 Å². The first-order valence-corrected chi connectivity index (χ1v) is 4.31. The van der Waals surface area contributed by atoms with Crippen LogP contribution >= 0.6 is 0 Å². The Morgan fingerprint density at radius 3 is 2.93 bits per heavy atom. The minimum absolute atomic E-state index is 0.493. The predicted octanol–water partition coefficient (Wildman–Crippen LogP) is 2.10. The van der Waals surface area contributed by atoms with Gasteiger partial charge in [-0.3, -0.25) is 0 Å². The highest BCUT2D eigenvalue weighted by atomic mass is 16.5. The standard InChI is InChI=1S/C11H12N2O/c1-2-3-6-14-11-5-4-9(8-12)7-10(11)13/h2-5,7H,6,13H2,1H3/b3-2+. The molecular formula is C11H12N2O. The zero-order valence-corrected chi connectivity index (χ0v) is 8.03. The van der Waals surface area contributed by atoms with Gasteiger partial charge < -0.3 is 10.5 Å². The van der Waals surface area contributed by atoms with E-state index >= 15 is 0 Å². The topological polar surface area (TPSA) is 59.0 Å². The van der Waals surface area contributed by atoms with E-state index in [1.54, 1.807) is 18.2 Å². The lowest BCUT2D eigenvalue weighted by atomic mass is 10.2. The molecule has 0 unspecified atom stereocenters. The number of hydrogen-bond donors (Lipinski definition) is 1. The molecule has 0 aromatic heterocycles. The number of anilines is 1. The van der Waals surface area contributed by atoms with E-state index in [0.29, 0.717) is 23.6 Å². The van der Waals surface area contributed by atoms with Gasteiger partial charge in [0.1, 0.15) is 12.4 Å². The molecule has 0 atom stereocenters. The van der Waals surface area contributed by atoms with Crippen molar-refractivity contribution in [1.29, 1.82) is 5.26 Å². The normalized spacial score (nSPS) is 10.0. The van der Waals surface area contributed by atoms with Gasteiger partial charge in [0, 0.05) is 0 Å². The fourth-order valence-corrected chi connectivity index (χ4v) is 0.984. The molecule has 0 bridgehead atoms. The molecule has 0 spiro atoms. The fraction of sp³-hybridized carbons (Fsp3) is 0.182. The van der Waals surface area contributed by atoms with Crippen molar-refractivity contribution < 1.29 is 4.74 Å². The highest BCUT2D eigenvalue weighted by molar-refractivity contribution is 5.56. The molecule has 0 radical (unpaired) electrons. The number of allylic oxidation sites excluding steroid dienone is 1. The van der Waals surface area contributed by atoms with E-state index in [-0.39, 0.29) is 0 Å². The van der Waals surface area contributed by atoms with E-state index in [1.165, 1.54) is 0 Å². The average molecular weight is 188 g/mol. The van der Waals surface area contributed by atoms with Crippen LogP contribution in [0.25, 0.3) is 0 Å². The molecule has 0 heterocycles. The second-order valence-corrected chi connectivity index (χ2v) is 2.74. The number of benzene rings is 1. The molecule has 1 rings (SSSR count). The van der Waals surface area contributed by atoms with Crippen molar-refractivity contribution in [2.75, 3.05) is 12.3 Å². The number of hydrogen-bond acceptors (Lipinski definition) is 3. The van der Waals surface area contributed by atoms with Gasteiger partial charge in [-0.2, -0.15) is 5.26 Å². The largest absolute Gasteiger partial charge is 0.487 e. The quantitative estimate of drug-likeness (QED) is 0.583. The van der Waals surface area contributed by atoms with E-state index < -0.39 is 0 Å². The number of nitriles is 1. The summed E-state index contributed by atoms with van der Waals surface area (Å²) in [6.45, 7) is 2.41. The smallest absolute Gasteiger partial charge is 0.142 e. The molecule has 0 aliphatic rings. The van der Waals surface area contributed by atoms with E-state index in [0.717, 1.165) is 0 Å². The van der Waals surface area contributed by atoms with Gasteiger partial charge in [-0.05, 0) is 25.1 Å². The summed E-state index contributed by atoms with van der Waals surface area (Å²) >= 11 is 0.